The van der Waals surface area contributed by atoms with Gasteiger partial charge in [0.05, 0.1) is 19.1 Å². The summed E-state index contributed by atoms with van der Waals surface area (Å²) in [7, 11) is -2.27. The molecule has 2 amide bonds. The number of rotatable bonds is 10. The van der Waals surface area contributed by atoms with Gasteiger partial charge in [0, 0.05) is 12.1 Å². The van der Waals surface area contributed by atoms with Gasteiger partial charge in [-0.15, -0.1) is 0 Å². The van der Waals surface area contributed by atoms with E-state index in [0.29, 0.717) is 17.9 Å². The molecule has 0 radical (unpaired) electrons. The molecule has 1 N–H and O–H groups in total. The van der Waals surface area contributed by atoms with Gasteiger partial charge in [0.25, 0.3) is 0 Å². The summed E-state index contributed by atoms with van der Waals surface area (Å²) in [6, 6.07) is 13.3. The van der Waals surface area contributed by atoms with E-state index < -0.39 is 34.1 Å². The van der Waals surface area contributed by atoms with Crippen LogP contribution in [-0.4, -0.2) is 56.6 Å². The Hall–Kier alpha value is -3.07. The molecule has 9 heteroatoms. The molecule has 2 rings (SSSR count). The van der Waals surface area contributed by atoms with Crippen LogP contribution in [0.1, 0.15) is 45.2 Å². The van der Waals surface area contributed by atoms with Gasteiger partial charge in [-0.25, -0.2) is 8.42 Å². The molecule has 0 aliphatic heterocycles. The molecule has 0 heterocycles. The van der Waals surface area contributed by atoms with Crippen molar-refractivity contribution in [3.8, 4) is 5.75 Å². The van der Waals surface area contributed by atoms with E-state index in [4.69, 9.17) is 4.74 Å². The zero-order chi connectivity index (χ0) is 26.4. The number of nitrogens with zero attached hydrogens (tertiary/aromatic N) is 2. The minimum absolute atomic E-state index is 0.182. The number of nitrogens with one attached hydrogen (secondary N) is 1. The van der Waals surface area contributed by atoms with Crippen LogP contribution in [0.4, 0.5) is 5.69 Å². The average molecular weight is 504 g/mol. The number of carbonyl (C=O) groups is 2. The van der Waals surface area contributed by atoms with Crippen LogP contribution in [0, 0.1) is 6.92 Å². The lowest BCUT2D eigenvalue weighted by molar-refractivity contribution is -0.141. The van der Waals surface area contributed by atoms with Gasteiger partial charge in [0.15, 0.2) is 0 Å². The fourth-order valence-corrected chi connectivity index (χ4v) is 4.56. The van der Waals surface area contributed by atoms with Crippen LogP contribution in [0.15, 0.2) is 48.5 Å². The van der Waals surface area contributed by atoms with E-state index >= 15 is 0 Å². The van der Waals surface area contributed by atoms with Crippen molar-refractivity contribution in [2.24, 2.45) is 0 Å². The zero-order valence-electron chi connectivity index (χ0n) is 21.7. The third-order valence-corrected chi connectivity index (χ3v) is 6.67. The van der Waals surface area contributed by atoms with Crippen molar-refractivity contribution in [3.63, 3.8) is 0 Å². The molecule has 0 aliphatic rings. The van der Waals surface area contributed by atoms with E-state index in [9.17, 15) is 18.0 Å². The molecule has 2 aromatic rings. The Balaban J connectivity index is 2.46. The maximum Gasteiger partial charge on any atom is 0.244 e. The van der Waals surface area contributed by atoms with Crippen molar-refractivity contribution in [1.29, 1.82) is 0 Å². The Morgan fingerprint density at radius 1 is 1.06 bits per heavy atom. The summed E-state index contributed by atoms with van der Waals surface area (Å²) in [6.07, 6.45) is 1.43. The predicted molar refractivity (Wildman–Crippen MR) is 139 cm³/mol. The first-order valence-electron chi connectivity index (χ1n) is 11.5. The number of methoxy groups -OCH3 is 1. The summed E-state index contributed by atoms with van der Waals surface area (Å²) in [4.78, 5) is 28.4. The van der Waals surface area contributed by atoms with Crippen molar-refractivity contribution in [2.45, 2.75) is 59.2 Å². The van der Waals surface area contributed by atoms with Gasteiger partial charge in [-0.05, 0) is 69.5 Å². The molecular formula is C26H37N3O5S. The lowest BCUT2D eigenvalue weighted by Gasteiger charge is -2.34. The number of hydrogen-bond acceptors (Lipinski definition) is 5. The first-order chi connectivity index (χ1) is 16.3. The summed E-state index contributed by atoms with van der Waals surface area (Å²) in [5.74, 6) is -0.178. The number of anilines is 1. The van der Waals surface area contributed by atoms with Gasteiger partial charge >= 0.3 is 0 Å². The third kappa shape index (κ3) is 7.99. The molecule has 1 atom stereocenters. The number of sulfonamides is 1. The molecule has 8 nitrogen and oxygen atoms in total. The van der Waals surface area contributed by atoms with Crippen LogP contribution in [0.2, 0.25) is 0 Å². The summed E-state index contributed by atoms with van der Waals surface area (Å²) >= 11 is 0. The molecule has 1 unspecified atom stereocenters. The molecule has 0 saturated heterocycles. The van der Waals surface area contributed by atoms with Crippen LogP contribution in [0.5, 0.6) is 5.75 Å². The molecule has 0 bridgehead atoms. The monoisotopic (exact) mass is 503 g/mol. The molecule has 2 aromatic carbocycles. The van der Waals surface area contributed by atoms with Crippen LogP contribution >= 0.6 is 0 Å². The molecule has 0 fully saturated rings. The minimum Gasteiger partial charge on any atom is -0.497 e. The van der Waals surface area contributed by atoms with Gasteiger partial charge in [0.2, 0.25) is 21.8 Å². The molecule has 192 valence electrons. The normalized spacial score (nSPS) is 12.5. The maximum atomic E-state index is 13.7. The number of benzene rings is 2. The van der Waals surface area contributed by atoms with Crippen LogP contribution in [0.25, 0.3) is 0 Å². The van der Waals surface area contributed by atoms with Gasteiger partial charge in [-0.3, -0.25) is 13.9 Å². The Bertz CT molecular complexity index is 1120. The summed E-state index contributed by atoms with van der Waals surface area (Å²) < 4.78 is 31.5. The summed E-state index contributed by atoms with van der Waals surface area (Å²) in [6.45, 7) is 9.15. The molecule has 0 spiro atoms. The van der Waals surface area contributed by atoms with Crippen molar-refractivity contribution >= 4 is 27.5 Å². The second-order valence-corrected chi connectivity index (χ2v) is 11.5. The van der Waals surface area contributed by atoms with Crippen LogP contribution in [-0.2, 0) is 26.2 Å². The quantitative estimate of drug-likeness (QED) is 0.535. The van der Waals surface area contributed by atoms with Crippen molar-refractivity contribution in [1.82, 2.24) is 10.2 Å². The van der Waals surface area contributed by atoms with Gasteiger partial charge < -0.3 is 15.0 Å². The molecule has 35 heavy (non-hydrogen) atoms. The highest BCUT2D eigenvalue weighted by Crippen LogP contribution is 2.23. The predicted octanol–water partition coefficient (Wildman–Crippen LogP) is 3.49. The number of amides is 2. The topological polar surface area (TPSA) is 96.0 Å². The lowest BCUT2D eigenvalue weighted by Crippen LogP contribution is -2.55. The van der Waals surface area contributed by atoms with E-state index in [1.165, 1.54) is 12.0 Å². The minimum atomic E-state index is -3.78. The zero-order valence-corrected chi connectivity index (χ0v) is 22.5. The number of ether oxygens (including phenoxy) is 1. The standard InChI is InChI=1S/C26H37N3O5S/c1-8-23(25(31)27-26(3,4)5)28(17-20-12-10-9-11-19(20)2)24(30)18-29(35(7,32)33)21-13-15-22(34-6)16-14-21/h9-16,23H,8,17-18H2,1-7H3,(H,27,31). The highest BCUT2D eigenvalue weighted by Gasteiger charge is 2.33. The highest BCUT2D eigenvalue weighted by molar-refractivity contribution is 7.92. The summed E-state index contributed by atoms with van der Waals surface area (Å²) in [5, 5.41) is 2.96. The van der Waals surface area contributed by atoms with E-state index in [1.54, 1.807) is 24.3 Å². The number of aryl methyl sites for hydroxylation is 1. The Morgan fingerprint density at radius 2 is 1.66 bits per heavy atom. The Morgan fingerprint density at radius 3 is 2.14 bits per heavy atom. The molecule has 0 aromatic heterocycles. The Labute approximate surface area is 209 Å². The van der Waals surface area contributed by atoms with Crippen LogP contribution < -0.4 is 14.4 Å². The number of hydrogen-bond donors (Lipinski definition) is 1. The van der Waals surface area contributed by atoms with E-state index in [-0.39, 0.29) is 12.5 Å². The summed E-state index contributed by atoms with van der Waals surface area (Å²) in [5.41, 5.74) is 1.72. The van der Waals surface area contributed by atoms with Gasteiger partial charge in [0.1, 0.15) is 18.3 Å². The molecular weight excluding hydrogens is 466 g/mol. The largest absolute Gasteiger partial charge is 0.497 e. The van der Waals surface area contributed by atoms with Crippen molar-refractivity contribution in [3.05, 3.63) is 59.7 Å². The maximum absolute atomic E-state index is 13.7. The van der Waals surface area contributed by atoms with Crippen molar-refractivity contribution in [2.75, 3.05) is 24.2 Å². The van der Waals surface area contributed by atoms with Gasteiger partial charge in [-0.2, -0.15) is 0 Å². The van der Waals surface area contributed by atoms with Gasteiger partial charge in [-0.1, -0.05) is 31.2 Å². The van der Waals surface area contributed by atoms with Crippen molar-refractivity contribution < 1.29 is 22.7 Å². The average Bonchev–Trinajstić information content (AvgIpc) is 2.76. The fourth-order valence-electron chi connectivity index (χ4n) is 3.71. The number of carbonyl (C=O) groups excluding carboxylic acids is 2. The molecule has 0 saturated carbocycles. The third-order valence-electron chi connectivity index (χ3n) is 5.53. The fraction of sp³-hybridized carbons (Fsp3) is 0.462. The van der Waals surface area contributed by atoms with E-state index in [1.807, 2.05) is 58.9 Å². The van der Waals surface area contributed by atoms with E-state index in [0.717, 1.165) is 21.7 Å². The molecule has 0 aliphatic carbocycles. The second kappa shape index (κ2) is 11.6. The first kappa shape index (κ1) is 28.2. The van der Waals surface area contributed by atoms with Crippen LogP contribution in [0.3, 0.4) is 0 Å². The SMILES string of the molecule is CCC(C(=O)NC(C)(C)C)N(Cc1ccccc1C)C(=O)CN(c1ccc(OC)cc1)S(C)(=O)=O. The smallest absolute Gasteiger partial charge is 0.244 e. The Kier molecular flexibility index (Phi) is 9.31. The first-order valence-corrected chi connectivity index (χ1v) is 13.4. The lowest BCUT2D eigenvalue weighted by atomic mass is 10.0. The van der Waals surface area contributed by atoms with E-state index in [2.05, 4.69) is 5.32 Å². The second-order valence-electron chi connectivity index (χ2n) is 9.58. The highest BCUT2D eigenvalue weighted by atomic mass is 32.2.